The average Bonchev–Trinajstić information content (AvgIpc) is 3.71. The standard InChI is InChI=1S/C32H32F3N9O4/c1-2-18-16-44(30(45)39-21-4-3-19(24(12-21)32(33,34)35)15-43-9-7-36-8-10-43)17-20-11-22(14-38-27(18)20)47-26-5-6-37-28-23(26)13-25(40-28)29-41-42-31(46)48-29/h3-6,11-14,18,36H,2,7-10,15-17H2,1H3,(H,37,40)(H,39,45)(H,42,46)/t18-/m0/s1. The van der Waals surface area contributed by atoms with E-state index in [4.69, 9.17) is 9.15 Å². The van der Waals surface area contributed by atoms with Gasteiger partial charge in [-0.1, -0.05) is 13.0 Å². The van der Waals surface area contributed by atoms with Crippen LogP contribution in [0.3, 0.4) is 0 Å². The van der Waals surface area contributed by atoms with Gasteiger partial charge >= 0.3 is 18.0 Å². The summed E-state index contributed by atoms with van der Waals surface area (Å²) < 4.78 is 53.5. The van der Waals surface area contributed by atoms with E-state index in [0.717, 1.165) is 30.4 Å². The van der Waals surface area contributed by atoms with E-state index in [1.807, 2.05) is 17.9 Å². The van der Waals surface area contributed by atoms with Crippen molar-refractivity contribution in [3.63, 3.8) is 0 Å². The molecule has 2 aliphatic heterocycles. The normalized spacial score (nSPS) is 17.0. The van der Waals surface area contributed by atoms with Crippen molar-refractivity contribution in [3.8, 4) is 23.1 Å². The minimum absolute atomic E-state index is 0.0733. The van der Waals surface area contributed by atoms with Crippen LogP contribution in [0.4, 0.5) is 23.7 Å². The fourth-order valence-electron chi connectivity index (χ4n) is 6.20. The number of rotatable bonds is 7. The van der Waals surface area contributed by atoms with Crippen LogP contribution in [0.25, 0.3) is 22.6 Å². The number of aromatic amines is 2. The molecular weight excluding hydrogens is 631 g/mol. The Kier molecular flexibility index (Phi) is 8.35. The molecular formula is C32H32F3N9O4. The van der Waals surface area contributed by atoms with Gasteiger partial charge in [0.1, 0.15) is 22.8 Å². The first-order valence-corrected chi connectivity index (χ1v) is 15.5. The first-order chi connectivity index (χ1) is 23.1. The molecule has 7 rings (SSSR count). The second-order valence-electron chi connectivity index (χ2n) is 11.8. The summed E-state index contributed by atoms with van der Waals surface area (Å²) in [6, 6.07) is 8.66. The lowest BCUT2D eigenvalue weighted by Crippen LogP contribution is -2.43. The van der Waals surface area contributed by atoms with Crippen molar-refractivity contribution in [1.82, 2.24) is 40.3 Å². The third-order valence-corrected chi connectivity index (χ3v) is 8.60. The minimum Gasteiger partial charge on any atom is -0.455 e. The Morgan fingerprint density at radius 1 is 1.15 bits per heavy atom. The van der Waals surface area contributed by atoms with E-state index < -0.39 is 23.5 Å². The molecule has 2 amide bonds. The number of anilines is 1. The molecule has 4 N–H and O–H groups in total. The summed E-state index contributed by atoms with van der Waals surface area (Å²) in [6.07, 6.45) is -0.694. The van der Waals surface area contributed by atoms with Gasteiger partial charge in [0.2, 0.25) is 0 Å². The third-order valence-electron chi connectivity index (χ3n) is 8.60. The van der Waals surface area contributed by atoms with E-state index in [-0.39, 0.29) is 36.1 Å². The number of ether oxygens (including phenoxy) is 1. The molecule has 1 saturated heterocycles. The fourth-order valence-corrected chi connectivity index (χ4v) is 6.20. The molecule has 0 bridgehead atoms. The first-order valence-electron chi connectivity index (χ1n) is 15.5. The van der Waals surface area contributed by atoms with Crippen LogP contribution < -0.4 is 21.1 Å². The van der Waals surface area contributed by atoms with Gasteiger partial charge in [0.05, 0.1) is 22.8 Å². The van der Waals surface area contributed by atoms with Gasteiger partial charge in [-0.05, 0) is 47.9 Å². The van der Waals surface area contributed by atoms with Crippen molar-refractivity contribution in [2.24, 2.45) is 0 Å². The number of piperazine rings is 1. The molecule has 5 aromatic rings. The molecule has 4 aromatic heterocycles. The zero-order valence-electron chi connectivity index (χ0n) is 25.9. The minimum atomic E-state index is -4.57. The summed E-state index contributed by atoms with van der Waals surface area (Å²) >= 11 is 0. The molecule has 0 radical (unpaired) electrons. The van der Waals surface area contributed by atoms with E-state index in [2.05, 4.69) is 35.8 Å². The van der Waals surface area contributed by atoms with Crippen molar-refractivity contribution in [3.05, 3.63) is 81.7 Å². The maximum absolute atomic E-state index is 14.1. The van der Waals surface area contributed by atoms with Crippen LogP contribution in [0.2, 0.25) is 0 Å². The van der Waals surface area contributed by atoms with Crippen molar-refractivity contribution in [2.75, 3.05) is 38.0 Å². The molecule has 0 aliphatic carbocycles. The van der Waals surface area contributed by atoms with Crippen LogP contribution in [0.15, 0.2) is 58.0 Å². The van der Waals surface area contributed by atoms with Crippen LogP contribution in [-0.2, 0) is 19.3 Å². The Hall–Kier alpha value is -5.22. The summed E-state index contributed by atoms with van der Waals surface area (Å²) in [6.45, 7) is 5.51. The molecule has 0 saturated carbocycles. The monoisotopic (exact) mass is 663 g/mol. The van der Waals surface area contributed by atoms with E-state index in [0.29, 0.717) is 54.3 Å². The second-order valence-corrected chi connectivity index (χ2v) is 11.8. The van der Waals surface area contributed by atoms with Crippen LogP contribution in [-0.4, -0.2) is 73.7 Å². The lowest BCUT2D eigenvalue weighted by atomic mass is 9.92. The van der Waals surface area contributed by atoms with E-state index in [9.17, 15) is 22.8 Å². The molecule has 16 heteroatoms. The maximum Gasteiger partial charge on any atom is 0.434 e. The number of pyridine rings is 2. The number of carbonyl (C=O) groups excluding carboxylic acids is 1. The number of amides is 2. The number of H-pyrrole nitrogens is 2. The molecule has 48 heavy (non-hydrogen) atoms. The summed E-state index contributed by atoms with van der Waals surface area (Å²) in [5, 5.41) is 12.6. The van der Waals surface area contributed by atoms with Gasteiger partial charge in [-0.15, -0.1) is 5.10 Å². The number of fused-ring (bicyclic) bond motifs is 2. The van der Waals surface area contributed by atoms with Gasteiger partial charge in [0, 0.05) is 63.6 Å². The van der Waals surface area contributed by atoms with E-state index >= 15 is 0 Å². The quantitative estimate of drug-likeness (QED) is 0.187. The summed E-state index contributed by atoms with van der Waals surface area (Å²) in [5.74, 6) is 0.183. The molecule has 1 atom stereocenters. The zero-order chi connectivity index (χ0) is 33.4. The van der Waals surface area contributed by atoms with E-state index in [1.165, 1.54) is 12.1 Å². The molecule has 250 valence electrons. The van der Waals surface area contributed by atoms with Gasteiger partial charge in [-0.25, -0.2) is 19.7 Å². The SMILES string of the molecule is CC[C@H]1CN(C(=O)Nc2ccc(CN3CCNCC3)c(C(F)(F)F)c2)Cc2cc(Oc3ccnc4[nH]c(-c5n[nH]c(=O)o5)cc34)cnc21. The number of hydrogen-bond acceptors (Lipinski definition) is 9. The molecule has 1 aromatic carbocycles. The van der Waals surface area contributed by atoms with Crippen molar-refractivity contribution in [1.29, 1.82) is 0 Å². The number of nitrogens with one attached hydrogen (secondary N) is 4. The van der Waals surface area contributed by atoms with Gasteiger partial charge in [-0.2, -0.15) is 13.2 Å². The lowest BCUT2D eigenvalue weighted by molar-refractivity contribution is -0.138. The van der Waals surface area contributed by atoms with Crippen LogP contribution in [0, 0.1) is 0 Å². The highest BCUT2D eigenvalue weighted by Crippen LogP contribution is 2.37. The molecule has 6 heterocycles. The van der Waals surface area contributed by atoms with Gasteiger partial charge in [0.15, 0.2) is 0 Å². The number of hydrogen-bond donors (Lipinski definition) is 4. The van der Waals surface area contributed by atoms with Gasteiger partial charge in [-0.3, -0.25) is 9.88 Å². The van der Waals surface area contributed by atoms with Crippen LogP contribution in [0.1, 0.15) is 41.6 Å². The number of halogens is 3. The topological polar surface area (TPSA) is 157 Å². The largest absolute Gasteiger partial charge is 0.455 e. The molecule has 13 nitrogen and oxygen atoms in total. The van der Waals surface area contributed by atoms with Gasteiger partial charge < -0.3 is 29.7 Å². The number of nitrogens with zero attached hydrogens (tertiary/aromatic N) is 5. The predicted molar refractivity (Wildman–Crippen MR) is 169 cm³/mol. The summed E-state index contributed by atoms with van der Waals surface area (Å²) in [4.78, 5) is 40.5. The first kappa shape index (κ1) is 31.4. The predicted octanol–water partition coefficient (Wildman–Crippen LogP) is 5.06. The summed E-state index contributed by atoms with van der Waals surface area (Å²) in [5.41, 5.74) is 2.01. The van der Waals surface area contributed by atoms with Crippen molar-refractivity contribution >= 4 is 22.8 Å². The zero-order valence-corrected chi connectivity index (χ0v) is 25.9. The average molecular weight is 664 g/mol. The Labute approximate surface area is 271 Å². The van der Waals surface area contributed by atoms with E-state index in [1.54, 1.807) is 29.4 Å². The van der Waals surface area contributed by atoms with Crippen LogP contribution >= 0.6 is 0 Å². The number of aromatic nitrogens is 5. The molecule has 0 spiro atoms. The second kappa shape index (κ2) is 12.8. The van der Waals surface area contributed by atoms with Crippen molar-refractivity contribution < 1.29 is 27.1 Å². The number of alkyl halides is 3. The highest BCUT2D eigenvalue weighted by atomic mass is 19.4. The lowest BCUT2D eigenvalue weighted by Gasteiger charge is -2.34. The smallest absolute Gasteiger partial charge is 0.434 e. The molecule has 1 fully saturated rings. The Morgan fingerprint density at radius 2 is 1.98 bits per heavy atom. The fraction of sp³-hybridized carbons (Fsp3) is 0.344. The maximum atomic E-state index is 14.1. The highest BCUT2D eigenvalue weighted by Gasteiger charge is 2.35. The number of urea groups is 1. The van der Waals surface area contributed by atoms with Crippen LogP contribution in [0.5, 0.6) is 11.5 Å². The highest BCUT2D eigenvalue weighted by molar-refractivity contribution is 5.90. The Morgan fingerprint density at radius 3 is 2.73 bits per heavy atom. The number of benzene rings is 1. The molecule has 2 aliphatic rings. The Balaban J connectivity index is 1.09. The Bertz CT molecular complexity index is 2020. The number of carbonyl (C=O) groups is 1. The van der Waals surface area contributed by atoms with Crippen molar-refractivity contribution in [2.45, 2.75) is 38.5 Å². The summed E-state index contributed by atoms with van der Waals surface area (Å²) in [7, 11) is 0. The third kappa shape index (κ3) is 6.48. The van der Waals surface area contributed by atoms with Gasteiger partial charge in [0.25, 0.3) is 5.89 Å². The molecule has 0 unspecified atom stereocenters.